The summed E-state index contributed by atoms with van der Waals surface area (Å²) in [6.07, 6.45) is 3.36. The van der Waals surface area contributed by atoms with Crippen molar-refractivity contribution in [3.05, 3.63) is 29.8 Å². The SMILES string of the molecule is O=C(CCC1CCCNC1)Nc1cc(F)ccc1F. The van der Waals surface area contributed by atoms with E-state index in [0.29, 0.717) is 12.3 Å². The molecule has 19 heavy (non-hydrogen) atoms. The van der Waals surface area contributed by atoms with Crippen LogP contribution in [-0.4, -0.2) is 19.0 Å². The standard InChI is InChI=1S/C14H18F2N2O/c15-11-4-5-12(16)13(8-11)18-14(19)6-3-10-2-1-7-17-9-10/h4-5,8,10,17H,1-3,6-7,9H2,(H,18,19). The van der Waals surface area contributed by atoms with E-state index >= 15 is 0 Å². The van der Waals surface area contributed by atoms with Crippen LogP contribution >= 0.6 is 0 Å². The van der Waals surface area contributed by atoms with Gasteiger partial charge in [0.05, 0.1) is 5.69 Å². The molecule has 1 fully saturated rings. The summed E-state index contributed by atoms with van der Waals surface area (Å²) in [5, 5.41) is 5.70. The zero-order valence-corrected chi connectivity index (χ0v) is 10.7. The minimum atomic E-state index is -0.617. The van der Waals surface area contributed by atoms with E-state index < -0.39 is 11.6 Å². The number of halogens is 2. The molecule has 0 aliphatic carbocycles. The van der Waals surface area contributed by atoms with E-state index in [2.05, 4.69) is 10.6 Å². The van der Waals surface area contributed by atoms with Gasteiger partial charge >= 0.3 is 0 Å². The highest BCUT2D eigenvalue weighted by Gasteiger charge is 2.15. The molecule has 1 unspecified atom stereocenters. The molecule has 1 aliphatic rings. The topological polar surface area (TPSA) is 41.1 Å². The highest BCUT2D eigenvalue weighted by molar-refractivity contribution is 5.90. The van der Waals surface area contributed by atoms with Crippen LogP contribution in [0.4, 0.5) is 14.5 Å². The van der Waals surface area contributed by atoms with Crippen LogP contribution in [-0.2, 0) is 4.79 Å². The van der Waals surface area contributed by atoms with Crippen LogP contribution in [0, 0.1) is 17.6 Å². The third kappa shape index (κ3) is 4.28. The highest BCUT2D eigenvalue weighted by atomic mass is 19.1. The smallest absolute Gasteiger partial charge is 0.224 e. The number of rotatable bonds is 4. The number of anilines is 1. The lowest BCUT2D eigenvalue weighted by Gasteiger charge is -2.22. The van der Waals surface area contributed by atoms with E-state index in [1.54, 1.807) is 0 Å². The van der Waals surface area contributed by atoms with Crippen LogP contribution in [0.1, 0.15) is 25.7 Å². The average molecular weight is 268 g/mol. The molecule has 0 spiro atoms. The van der Waals surface area contributed by atoms with Crippen molar-refractivity contribution in [1.29, 1.82) is 0 Å². The largest absolute Gasteiger partial charge is 0.324 e. The van der Waals surface area contributed by atoms with Crippen molar-refractivity contribution in [2.75, 3.05) is 18.4 Å². The number of piperidine rings is 1. The summed E-state index contributed by atoms with van der Waals surface area (Å²) in [5.74, 6) is -0.950. The van der Waals surface area contributed by atoms with Gasteiger partial charge < -0.3 is 10.6 Å². The van der Waals surface area contributed by atoms with Crippen LogP contribution in [0.25, 0.3) is 0 Å². The predicted octanol–water partition coefficient (Wildman–Crippen LogP) is 2.68. The summed E-state index contributed by atoms with van der Waals surface area (Å²) in [5.41, 5.74) is -0.0910. The van der Waals surface area contributed by atoms with Crippen LogP contribution in [0.15, 0.2) is 18.2 Å². The highest BCUT2D eigenvalue weighted by Crippen LogP contribution is 2.18. The predicted molar refractivity (Wildman–Crippen MR) is 69.8 cm³/mol. The Kier molecular flexibility index (Phi) is 4.85. The maximum Gasteiger partial charge on any atom is 0.224 e. The Bertz CT molecular complexity index is 445. The van der Waals surface area contributed by atoms with E-state index in [1.165, 1.54) is 0 Å². The van der Waals surface area contributed by atoms with Crippen molar-refractivity contribution in [2.45, 2.75) is 25.7 Å². The van der Waals surface area contributed by atoms with E-state index in [1.807, 2.05) is 0 Å². The molecule has 0 aromatic heterocycles. The molecule has 0 bridgehead atoms. The van der Waals surface area contributed by atoms with Gasteiger partial charge in [0.2, 0.25) is 5.91 Å². The summed E-state index contributed by atoms with van der Waals surface area (Å²) in [4.78, 5) is 11.7. The second-order valence-corrected chi connectivity index (χ2v) is 4.92. The van der Waals surface area contributed by atoms with E-state index in [-0.39, 0.29) is 11.6 Å². The van der Waals surface area contributed by atoms with Gasteiger partial charge in [-0.3, -0.25) is 4.79 Å². The number of carbonyl (C=O) groups is 1. The molecule has 5 heteroatoms. The summed E-state index contributed by atoms with van der Waals surface area (Å²) >= 11 is 0. The quantitative estimate of drug-likeness (QED) is 0.881. The Morgan fingerprint density at radius 2 is 2.26 bits per heavy atom. The van der Waals surface area contributed by atoms with Gasteiger partial charge in [-0.25, -0.2) is 8.78 Å². The Morgan fingerprint density at radius 1 is 1.42 bits per heavy atom. The fourth-order valence-electron chi connectivity index (χ4n) is 2.31. The molecule has 1 aliphatic heterocycles. The molecule has 1 amide bonds. The van der Waals surface area contributed by atoms with E-state index in [9.17, 15) is 13.6 Å². The van der Waals surface area contributed by atoms with Crippen molar-refractivity contribution >= 4 is 11.6 Å². The maximum atomic E-state index is 13.3. The van der Waals surface area contributed by atoms with Crippen molar-refractivity contribution in [2.24, 2.45) is 5.92 Å². The lowest BCUT2D eigenvalue weighted by molar-refractivity contribution is -0.116. The van der Waals surface area contributed by atoms with Crippen LogP contribution in [0.5, 0.6) is 0 Å². The molecular formula is C14H18F2N2O. The van der Waals surface area contributed by atoms with Crippen molar-refractivity contribution < 1.29 is 13.6 Å². The second kappa shape index (κ2) is 6.61. The van der Waals surface area contributed by atoms with Gasteiger partial charge in [0.1, 0.15) is 11.6 Å². The third-order valence-electron chi connectivity index (χ3n) is 3.38. The first-order valence-electron chi connectivity index (χ1n) is 6.61. The number of benzene rings is 1. The van der Waals surface area contributed by atoms with Crippen LogP contribution in [0.2, 0.25) is 0 Å². The van der Waals surface area contributed by atoms with E-state index in [4.69, 9.17) is 0 Å². The molecule has 3 nitrogen and oxygen atoms in total. The Balaban J connectivity index is 1.81. The third-order valence-corrected chi connectivity index (χ3v) is 3.38. The van der Waals surface area contributed by atoms with Crippen molar-refractivity contribution in [1.82, 2.24) is 5.32 Å². The van der Waals surface area contributed by atoms with Gasteiger partial charge in [0, 0.05) is 12.5 Å². The van der Waals surface area contributed by atoms with Gasteiger partial charge in [0.15, 0.2) is 0 Å². The fraction of sp³-hybridized carbons (Fsp3) is 0.500. The summed E-state index contributed by atoms with van der Waals surface area (Å²) < 4.78 is 26.3. The average Bonchev–Trinajstić information content (AvgIpc) is 2.42. The molecule has 1 aromatic rings. The minimum absolute atomic E-state index is 0.0910. The number of carbonyl (C=O) groups excluding carboxylic acids is 1. The second-order valence-electron chi connectivity index (χ2n) is 4.92. The molecule has 1 saturated heterocycles. The molecule has 0 saturated carbocycles. The lowest BCUT2D eigenvalue weighted by atomic mass is 9.94. The molecule has 2 rings (SSSR count). The van der Waals surface area contributed by atoms with Crippen LogP contribution < -0.4 is 10.6 Å². The molecular weight excluding hydrogens is 250 g/mol. The molecule has 1 aromatic carbocycles. The van der Waals surface area contributed by atoms with Gasteiger partial charge in [-0.05, 0) is 50.4 Å². The van der Waals surface area contributed by atoms with Crippen molar-refractivity contribution in [3.63, 3.8) is 0 Å². The zero-order valence-electron chi connectivity index (χ0n) is 10.7. The maximum absolute atomic E-state index is 13.3. The van der Waals surface area contributed by atoms with Crippen molar-refractivity contribution in [3.8, 4) is 0 Å². The summed E-state index contributed by atoms with van der Waals surface area (Å²) in [6, 6.07) is 3.03. The van der Waals surface area contributed by atoms with Gasteiger partial charge in [-0.2, -0.15) is 0 Å². The first kappa shape index (κ1) is 13.9. The Hall–Kier alpha value is -1.49. The van der Waals surface area contributed by atoms with Gasteiger partial charge in [0.25, 0.3) is 0 Å². The first-order chi connectivity index (χ1) is 9.15. The van der Waals surface area contributed by atoms with Gasteiger partial charge in [-0.1, -0.05) is 0 Å². The fourth-order valence-corrected chi connectivity index (χ4v) is 2.31. The Labute approximate surface area is 111 Å². The molecule has 2 N–H and O–H groups in total. The Morgan fingerprint density at radius 3 is 3.00 bits per heavy atom. The molecule has 0 radical (unpaired) electrons. The number of hydrogen-bond acceptors (Lipinski definition) is 2. The molecule has 104 valence electrons. The summed E-state index contributed by atoms with van der Waals surface area (Å²) in [7, 11) is 0. The number of hydrogen-bond donors (Lipinski definition) is 2. The summed E-state index contributed by atoms with van der Waals surface area (Å²) in [6.45, 7) is 1.97. The van der Waals surface area contributed by atoms with Gasteiger partial charge in [-0.15, -0.1) is 0 Å². The first-order valence-corrected chi connectivity index (χ1v) is 6.61. The van der Waals surface area contributed by atoms with Crippen LogP contribution in [0.3, 0.4) is 0 Å². The molecule has 1 atom stereocenters. The number of amides is 1. The normalized spacial score (nSPS) is 19.2. The number of nitrogens with one attached hydrogen (secondary N) is 2. The lowest BCUT2D eigenvalue weighted by Crippen LogP contribution is -2.30. The monoisotopic (exact) mass is 268 g/mol. The zero-order chi connectivity index (χ0) is 13.7. The van der Waals surface area contributed by atoms with E-state index in [0.717, 1.165) is 50.6 Å². The molecule has 1 heterocycles. The minimum Gasteiger partial charge on any atom is -0.324 e.